The van der Waals surface area contributed by atoms with Gasteiger partial charge in [-0.3, -0.25) is 14.7 Å². The molecule has 4 heterocycles. The van der Waals surface area contributed by atoms with Gasteiger partial charge in [0.25, 0.3) is 0 Å². The second kappa shape index (κ2) is 11.7. The number of nitrogens with one attached hydrogen (secondary N) is 1. The van der Waals surface area contributed by atoms with Gasteiger partial charge >= 0.3 is 11.9 Å². The molecule has 10 nitrogen and oxygen atoms in total. The predicted molar refractivity (Wildman–Crippen MR) is 160 cm³/mol. The standard InChI is InChI=1S/C27H30BrFN6O4S2/c1-27(2,25(37)38)14-34-12-16-11-33(7-8-35(16)26(34)40)13-19-20(24(36)39-3)21(17-5-4-15(29)10-18(17)28)32-22(31-19)23-30-6-9-41-23/h4-6,9-10,16,21H,7-8,11-14H2,1-3H3,(H,31,32)(H,37,38)/t16-,21-/m0/s1. The molecule has 14 heteroatoms. The second-order valence-corrected chi connectivity index (χ2v) is 12.9. The van der Waals surface area contributed by atoms with Gasteiger partial charge in [0.1, 0.15) is 11.9 Å². The Labute approximate surface area is 255 Å². The zero-order valence-corrected chi connectivity index (χ0v) is 26.0. The van der Waals surface area contributed by atoms with Crippen LogP contribution in [0.15, 0.2) is 50.5 Å². The van der Waals surface area contributed by atoms with Gasteiger partial charge in [0.05, 0.1) is 24.1 Å². The molecular weight excluding hydrogens is 635 g/mol. The fourth-order valence-corrected chi connectivity index (χ4v) is 6.89. The van der Waals surface area contributed by atoms with Crippen molar-refractivity contribution in [2.45, 2.75) is 25.9 Å². The highest BCUT2D eigenvalue weighted by Gasteiger charge is 2.42. The van der Waals surface area contributed by atoms with Gasteiger partial charge < -0.3 is 25.0 Å². The summed E-state index contributed by atoms with van der Waals surface area (Å²) in [6.07, 6.45) is 1.69. The highest BCUT2D eigenvalue weighted by molar-refractivity contribution is 9.10. The Hall–Kier alpha value is -2.94. The Bertz CT molecular complexity index is 1430. The third-order valence-electron chi connectivity index (χ3n) is 7.48. The lowest BCUT2D eigenvalue weighted by Gasteiger charge is -2.38. The summed E-state index contributed by atoms with van der Waals surface area (Å²) < 4.78 is 19.7. The normalized spacial score (nSPS) is 21.5. The van der Waals surface area contributed by atoms with Crippen molar-refractivity contribution in [3.8, 4) is 0 Å². The lowest BCUT2D eigenvalue weighted by atomic mass is 9.93. The van der Waals surface area contributed by atoms with Crippen molar-refractivity contribution in [3.05, 3.63) is 61.9 Å². The molecule has 0 saturated carbocycles. The summed E-state index contributed by atoms with van der Waals surface area (Å²) in [7, 11) is 1.33. The largest absolute Gasteiger partial charge is 0.481 e. The summed E-state index contributed by atoms with van der Waals surface area (Å²) >= 11 is 10.6. The first-order valence-corrected chi connectivity index (χ1v) is 15.1. The van der Waals surface area contributed by atoms with Crippen molar-refractivity contribution < 1.29 is 23.8 Å². The van der Waals surface area contributed by atoms with Gasteiger partial charge in [0.2, 0.25) is 0 Å². The van der Waals surface area contributed by atoms with E-state index in [0.717, 1.165) is 0 Å². The average molecular weight is 666 g/mol. The molecule has 2 fully saturated rings. The molecular formula is C27H30BrFN6O4S2. The van der Waals surface area contributed by atoms with Crippen LogP contribution in [0.3, 0.4) is 0 Å². The van der Waals surface area contributed by atoms with Crippen LogP contribution in [0.5, 0.6) is 0 Å². The summed E-state index contributed by atoms with van der Waals surface area (Å²) in [5.41, 5.74) is 0.674. The molecule has 0 bridgehead atoms. The number of rotatable bonds is 8. The lowest BCUT2D eigenvalue weighted by Crippen LogP contribution is -2.53. The molecule has 5 rings (SSSR count). The van der Waals surface area contributed by atoms with Gasteiger partial charge in [-0.1, -0.05) is 22.0 Å². The van der Waals surface area contributed by atoms with Crippen LogP contribution in [0.2, 0.25) is 0 Å². The number of piperazine rings is 1. The predicted octanol–water partition coefficient (Wildman–Crippen LogP) is 3.26. The Balaban J connectivity index is 1.44. The Morgan fingerprint density at radius 3 is 2.76 bits per heavy atom. The monoisotopic (exact) mass is 664 g/mol. The van der Waals surface area contributed by atoms with Gasteiger partial charge in [-0.25, -0.2) is 14.2 Å². The van der Waals surface area contributed by atoms with Gasteiger partial charge in [-0.15, -0.1) is 11.3 Å². The van der Waals surface area contributed by atoms with Crippen LogP contribution in [0.25, 0.3) is 0 Å². The number of carbonyl (C=O) groups excluding carboxylic acids is 1. The number of halogens is 2. The number of methoxy groups -OCH3 is 1. The number of aromatic nitrogens is 1. The zero-order valence-electron chi connectivity index (χ0n) is 22.8. The molecule has 0 unspecified atom stereocenters. The number of fused-ring (bicyclic) bond motifs is 1. The molecule has 2 aromatic rings. The molecule has 218 valence electrons. The molecule has 0 aliphatic carbocycles. The Kier molecular flexibility index (Phi) is 8.46. The van der Waals surface area contributed by atoms with Gasteiger partial charge in [0.15, 0.2) is 16.0 Å². The Morgan fingerprint density at radius 2 is 2.10 bits per heavy atom. The van der Waals surface area contributed by atoms with E-state index in [-0.39, 0.29) is 6.04 Å². The number of nitrogens with zero attached hydrogens (tertiary/aromatic N) is 5. The van der Waals surface area contributed by atoms with Crippen LogP contribution in [0.1, 0.15) is 30.5 Å². The number of hydrogen-bond donors (Lipinski definition) is 2. The molecule has 3 aliphatic heterocycles. The first-order chi connectivity index (χ1) is 19.5. The highest BCUT2D eigenvalue weighted by Crippen LogP contribution is 2.37. The maximum absolute atomic E-state index is 14.0. The minimum atomic E-state index is -0.931. The summed E-state index contributed by atoms with van der Waals surface area (Å²) in [5.74, 6) is -1.28. The molecule has 0 spiro atoms. The van der Waals surface area contributed by atoms with Gasteiger partial charge in [-0.05, 0) is 43.8 Å². The van der Waals surface area contributed by atoms with Crippen molar-refractivity contribution in [1.82, 2.24) is 25.0 Å². The van der Waals surface area contributed by atoms with E-state index in [1.54, 1.807) is 26.1 Å². The van der Waals surface area contributed by atoms with E-state index in [4.69, 9.17) is 21.9 Å². The topological polar surface area (TPSA) is 111 Å². The zero-order chi connectivity index (χ0) is 29.5. The molecule has 2 N–H and O–H groups in total. The molecule has 1 aromatic heterocycles. The summed E-state index contributed by atoms with van der Waals surface area (Å²) in [6, 6.07) is 3.64. The van der Waals surface area contributed by atoms with E-state index in [1.165, 1.54) is 30.6 Å². The molecule has 3 aliphatic rings. The van der Waals surface area contributed by atoms with Crippen molar-refractivity contribution >= 4 is 62.4 Å². The number of benzene rings is 1. The highest BCUT2D eigenvalue weighted by atomic mass is 79.9. The summed E-state index contributed by atoms with van der Waals surface area (Å²) in [4.78, 5) is 40.6. The smallest absolute Gasteiger partial charge is 0.338 e. The average Bonchev–Trinajstić information content (AvgIpc) is 3.56. The van der Waals surface area contributed by atoms with Gasteiger partial charge in [0, 0.05) is 61.0 Å². The number of amidine groups is 1. The number of aliphatic carboxylic acids is 1. The third-order valence-corrected chi connectivity index (χ3v) is 9.44. The number of esters is 1. The fraction of sp³-hybridized carbons (Fsp3) is 0.444. The van der Waals surface area contributed by atoms with Crippen molar-refractivity contribution in [2.75, 3.05) is 46.4 Å². The maximum Gasteiger partial charge on any atom is 0.338 e. The number of carboxylic acids is 1. The van der Waals surface area contributed by atoms with Crippen molar-refractivity contribution in [2.24, 2.45) is 10.4 Å². The van der Waals surface area contributed by atoms with E-state index in [1.807, 2.05) is 10.3 Å². The van der Waals surface area contributed by atoms with Crippen LogP contribution in [0, 0.1) is 11.2 Å². The van der Waals surface area contributed by atoms with Crippen LogP contribution in [-0.4, -0.2) is 100 Å². The van der Waals surface area contributed by atoms with Crippen LogP contribution < -0.4 is 5.32 Å². The molecule has 1 aromatic carbocycles. The molecule has 0 amide bonds. The van der Waals surface area contributed by atoms with Crippen LogP contribution in [0.4, 0.5) is 4.39 Å². The first-order valence-electron chi connectivity index (χ1n) is 13.0. The van der Waals surface area contributed by atoms with E-state index >= 15 is 0 Å². The SMILES string of the molecule is COC(=O)C1=C(CN2CCN3C(=S)N(CC(C)(C)C(=O)O)C[C@@H]3C2)NC(c2nccs2)=N[C@H]1c1ccc(F)cc1Br. The second-order valence-electron chi connectivity index (χ2n) is 10.8. The van der Waals surface area contributed by atoms with Crippen molar-refractivity contribution in [1.29, 1.82) is 0 Å². The van der Waals surface area contributed by atoms with E-state index in [9.17, 15) is 19.1 Å². The van der Waals surface area contributed by atoms with E-state index in [0.29, 0.717) is 76.5 Å². The third kappa shape index (κ3) is 6.01. The van der Waals surface area contributed by atoms with Crippen LogP contribution >= 0.6 is 39.5 Å². The van der Waals surface area contributed by atoms with E-state index in [2.05, 4.69) is 36.0 Å². The quantitative estimate of drug-likeness (QED) is 0.322. The summed E-state index contributed by atoms with van der Waals surface area (Å²) in [6.45, 7) is 6.79. The number of ether oxygens (including phenoxy) is 1. The number of carboxylic acid groups (broad SMARTS) is 1. The lowest BCUT2D eigenvalue weighted by molar-refractivity contribution is -0.147. The molecule has 41 heavy (non-hydrogen) atoms. The number of thiazole rings is 1. The Morgan fingerprint density at radius 1 is 1.32 bits per heavy atom. The molecule has 2 atom stereocenters. The number of hydrogen-bond acceptors (Lipinski definition) is 9. The van der Waals surface area contributed by atoms with Crippen molar-refractivity contribution in [3.63, 3.8) is 0 Å². The fourth-order valence-electron chi connectivity index (χ4n) is 5.35. The molecule has 0 radical (unpaired) electrons. The minimum Gasteiger partial charge on any atom is -0.481 e. The number of thiocarbonyl (C=S) groups is 1. The van der Waals surface area contributed by atoms with Crippen LogP contribution in [-0.2, 0) is 14.3 Å². The maximum atomic E-state index is 14.0. The van der Waals surface area contributed by atoms with E-state index < -0.39 is 29.2 Å². The first kappa shape index (κ1) is 29.5. The number of carbonyl (C=O) groups is 2. The molecule has 2 saturated heterocycles. The summed E-state index contributed by atoms with van der Waals surface area (Å²) in [5, 5.41) is 16.1. The van der Waals surface area contributed by atoms with Gasteiger partial charge in [-0.2, -0.15) is 0 Å². The minimum absolute atomic E-state index is 0.0840. The number of aliphatic imine (C=N–C) groups is 1.